The van der Waals surface area contributed by atoms with Crippen molar-refractivity contribution in [3.05, 3.63) is 101 Å². The monoisotopic (exact) mass is 478 g/mol. The molecule has 0 saturated heterocycles. The molecular weight excluding hydrogens is 456 g/mol. The minimum Gasteiger partial charge on any atom is -0.489 e. The maximum absolute atomic E-state index is 12.8. The van der Waals surface area contributed by atoms with Crippen molar-refractivity contribution in [2.24, 2.45) is 0 Å². The molecule has 0 fully saturated rings. The summed E-state index contributed by atoms with van der Waals surface area (Å²) in [6.45, 7) is 3.02. The molecule has 0 aliphatic carbocycles. The van der Waals surface area contributed by atoms with Gasteiger partial charge in [-0.2, -0.15) is 5.10 Å². The van der Waals surface area contributed by atoms with Gasteiger partial charge in [-0.25, -0.2) is 0 Å². The number of amides is 2. The lowest BCUT2D eigenvalue weighted by Crippen LogP contribution is -2.25. The standard InChI is InChI=1S/C25H23ClN4O4/c1-2-30-15-22(23(29-30)25(32)27-14-21-4-3-13-33-21)28-24(31)18-7-5-17(6-8-18)16-34-20-11-9-19(26)10-12-20/h3-13,15H,2,14,16H2,1H3,(H,27,32)(H,28,31). The number of nitrogens with one attached hydrogen (secondary N) is 2. The number of furan rings is 1. The molecule has 0 spiro atoms. The lowest BCUT2D eigenvalue weighted by atomic mass is 10.1. The van der Waals surface area contributed by atoms with E-state index in [9.17, 15) is 9.59 Å². The summed E-state index contributed by atoms with van der Waals surface area (Å²) in [5.74, 6) is 0.570. The van der Waals surface area contributed by atoms with Crippen LogP contribution in [0.5, 0.6) is 5.75 Å². The van der Waals surface area contributed by atoms with Crippen LogP contribution < -0.4 is 15.4 Å². The quantitative estimate of drug-likeness (QED) is 0.356. The normalized spacial score (nSPS) is 10.6. The van der Waals surface area contributed by atoms with Gasteiger partial charge in [-0.05, 0) is 61.0 Å². The molecule has 9 heteroatoms. The number of hydrogen-bond donors (Lipinski definition) is 2. The molecule has 8 nitrogen and oxygen atoms in total. The van der Waals surface area contributed by atoms with Crippen molar-refractivity contribution in [3.63, 3.8) is 0 Å². The number of ether oxygens (including phenoxy) is 1. The van der Waals surface area contributed by atoms with Gasteiger partial charge in [-0.15, -0.1) is 0 Å². The van der Waals surface area contributed by atoms with E-state index in [0.717, 1.165) is 5.56 Å². The molecule has 0 radical (unpaired) electrons. The number of aryl methyl sites for hydroxylation is 1. The lowest BCUT2D eigenvalue weighted by molar-refractivity contribution is 0.0943. The predicted octanol–water partition coefficient (Wildman–Crippen LogP) is 4.91. The highest BCUT2D eigenvalue weighted by atomic mass is 35.5. The Labute approximate surface area is 201 Å². The zero-order valence-electron chi connectivity index (χ0n) is 18.5. The molecule has 0 aliphatic heterocycles. The van der Waals surface area contributed by atoms with Crippen LogP contribution >= 0.6 is 11.6 Å². The van der Waals surface area contributed by atoms with Crippen LogP contribution in [0.25, 0.3) is 0 Å². The van der Waals surface area contributed by atoms with Gasteiger partial charge in [0.2, 0.25) is 0 Å². The average Bonchev–Trinajstić information content (AvgIpc) is 3.52. The third-order valence-corrected chi connectivity index (χ3v) is 5.24. The Hall–Kier alpha value is -4.04. The Morgan fingerprint density at radius 2 is 1.82 bits per heavy atom. The second kappa shape index (κ2) is 10.7. The summed E-state index contributed by atoms with van der Waals surface area (Å²) in [4.78, 5) is 25.5. The van der Waals surface area contributed by atoms with Crippen molar-refractivity contribution in [3.8, 4) is 5.75 Å². The molecule has 34 heavy (non-hydrogen) atoms. The van der Waals surface area contributed by atoms with Crippen LogP contribution in [0.3, 0.4) is 0 Å². The van der Waals surface area contributed by atoms with Crippen molar-refractivity contribution >= 4 is 29.1 Å². The van der Waals surface area contributed by atoms with Gasteiger partial charge < -0.3 is 19.8 Å². The number of benzene rings is 2. The van der Waals surface area contributed by atoms with Crippen molar-refractivity contribution in [1.29, 1.82) is 0 Å². The maximum Gasteiger partial charge on any atom is 0.274 e. The number of anilines is 1. The maximum atomic E-state index is 12.8. The van der Waals surface area contributed by atoms with E-state index in [1.807, 2.05) is 19.1 Å². The predicted molar refractivity (Wildman–Crippen MR) is 128 cm³/mol. The fraction of sp³-hybridized carbons (Fsp3) is 0.160. The zero-order chi connectivity index (χ0) is 23.9. The van der Waals surface area contributed by atoms with Gasteiger partial charge in [0.15, 0.2) is 5.69 Å². The van der Waals surface area contributed by atoms with Crippen LogP contribution in [0.2, 0.25) is 5.02 Å². The molecule has 0 atom stereocenters. The number of hydrogen-bond acceptors (Lipinski definition) is 5. The summed E-state index contributed by atoms with van der Waals surface area (Å²) in [6, 6.07) is 17.7. The number of rotatable bonds is 9. The highest BCUT2D eigenvalue weighted by Crippen LogP contribution is 2.18. The smallest absolute Gasteiger partial charge is 0.274 e. The van der Waals surface area contributed by atoms with Crippen LogP contribution in [0, 0.1) is 0 Å². The summed E-state index contributed by atoms with van der Waals surface area (Å²) in [5.41, 5.74) is 1.82. The summed E-state index contributed by atoms with van der Waals surface area (Å²) in [5, 5.41) is 10.5. The molecule has 2 N–H and O–H groups in total. The van der Waals surface area contributed by atoms with Crippen molar-refractivity contribution in [2.75, 3.05) is 5.32 Å². The Bertz CT molecular complexity index is 1250. The summed E-state index contributed by atoms with van der Waals surface area (Å²) < 4.78 is 12.6. The highest BCUT2D eigenvalue weighted by Gasteiger charge is 2.19. The topological polar surface area (TPSA) is 98.4 Å². The van der Waals surface area contributed by atoms with E-state index >= 15 is 0 Å². The first-order valence-corrected chi connectivity index (χ1v) is 11.1. The lowest BCUT2D eigenvalue weighted by Gasteiger charge is -2.08. The van der Waals surface area contributed by atoms with Gasteiger partial charge in [0, 0.05) is 23.3 Å². The van der Waals surface area contributed by atoms with Gasteiger partial charge in [0.05, 0.1) is 18.5 Å². The molecule has 2 aromatic carbocycles. The van der Waals surface area contributed by atoms with Gasteiger partial charge >= 0.3 is 0 Å². The van der Waals surface area contributed by atoms with E-state index in [1.165, 1.54) is 6.26 Å². The summed E-state index contributed by atoms with van der Waals surface area (Å²) in [7, 11) is 0. The van der Waals surface area contributed by atoms with Crippen LogP contribution in [-0.2, 0) is 19.7 Å². The second-order valence-corrected chi connectivity index (χ2v) is 7.84. The van der Waals surface area contributed by atoms with Gasteiger partial charge in [0.25, 0.3) is 11.8 Å². The molecule has 4 rings (SSSR count). The van der Waals surface area contributed by atoms with Crippen molar-refractivity contribution < 1.29 is 18.7 Å². The zero-order valence-corrected chi connectivity index (χ0v) is 19.2. The first kappa shape index (κ1) is 23.1. The molecule has 4 aromatic rings. The molecular formula is C25H23ClN4O4. The van der Waals surface area contributed by atoms with E-state index in [2.05, 4.69) is 15.7 Å². The Kier molecular flexibility index (Phi) is 7.29. The largest absolute Gasteiger partial charge is 0.489 e. The van der Waals surface area contributed by atoms with E-state index in [4.69, 9.17) is 20.8 Å². The van der Waals surface area contributed by atoms with Gasteiger partial charge in [-0.1, -0.05) is 23.7 Å². The van der Waals surface area contributed by atoms with Gasteiger partial charge in [0.1, 0.15) is 18.1 Å². The number of carbonyl (C=O) groups excluding carboxylic acids is 2. The first-order valence-electron chi connectivity index (χ1n) is 10.7. The van der Waals surface area contributed by atoms with E-state index < -0.39 is 5.91 Å². The molecule has 2 aromatic heterocycles. The Balaban J connectivity index is 1.39. The highest BCUT2D eigenvalue weighted by molar-refractivity contribution is 6.30. The van der Waals surface area contributed by atoms with E-state index in [1.54, 1.807) is 59.4 Å². The van der Waals surface area contributed by atoms with Crippen molar-refractivity contribution in [2.45, 2.75) is 26.6 Å². The van der Waals surface area contributed by atoms with Crippen molar-refractivity contribution in [1.82, 2.24) is 15.1 Å². The van der Waals surface area contributed by atoms with Crippen LogP contribution in [0.1, 0.15) is 39.1 Å². The molecule has 174 valence electrons. The fourth-order valence-electron chi connectivity index (χ4n) is 3.15. The van der Waals surface area contributed by atoms with Gasteiger partial charge in [-0.3, -0.25) is 14.3 Å². The third kappa shape index (κ3) is 5.85. The third-order valence-electron chi connectivity index (χ3n) is 4.99. The number of carbonyl (C=O) groups is 2. The Morgan fingerprint density at radius 3 is 2.50 bits per heavy atom. The minimum atomic E-state index is -0.409. The minimum absolute atomic E-state index is 0.134. The molecule has 0 saturated carbocycles. The number of nitrogens with zero attached hydrogens (tertiary/aromatic N) is 2. The summed E-state index contributed by atoms with van der Waals surface area (Å²) in [6.07, 6.45) is 3.17. The van der Waals surface area contributed by atoms with Crippen LogP contribution in [-0.4, -0.2) is 21.6 Å². The number of halogens is 1. The summed E-state index contributed by atoms with van der Waals surface area (Å²) >= 11 is 5.88. The first-order chi connectivity index (χ1) is 16.5. The molecule has 2 amide bonds. The van der Waals surface area contributed by atoms with E-state index in [0.29, 0.717) is 40.9 Å². The molecule has 0 bridgehead atoms. The van der Waals surface area contributed by atoms with Crippen LogP contribution in [0.15, 0.2) is 77.5 Å². The molecule has 0 unspecified atom stereocenters. The average molecular weight is 479 g/mol. The molecule has 2 heterocycles. The number of aromatic nitrogens is 2. The fourth-order valence-corrected chi connectivity index (χ4v) is 3.28. The van der Waals surface area contributed by atoms with Crippen LogP contribution in [0.4, 0.5) is 5.69 Å². The van der Waals surface area contributed by atoms with E-state index in [-0.39, 0.29) is 18.1 Å². The Morgan fingerprint density at radius 1 is 1.06 bits per heavy atom. The SMILES string of the molecule is CCn1cc(NC(=O)c2ccc(COc3ccc(Cl)cc3)cc2)c(C(=O)NCc2ccco2)n1. The molecule has 0 aliphatic rings. The second-order valence-electron chi connectivity index (χ2n) is 7.40.